The summed E-state index contributed by atoms with van der Waals surface area (Å²) in [5.74, 6) is 0.654. The molecule has 6 heteroatoms. The molecule has 0 aromatic heterocycles. The van der Waals surface area contributed by atoms with Gasteiger partial charge in [-0.25, -0.2) is 0 Å². The van der Waals surface area contributed by atoms with Gasteiger partial charge in [-0.2, -0.15) is 5.26 Å². The van der Waals surface area contributed by atoms with Gasteiger partial charge in [0.2, 0.25) is 0 Å². The zero-order chi connectivity index (χ0) is 19.9. The van der Waals surface area contributed by atoms with Gasteiger partial charge in [-0.05, 0) is 62.6 Å². The number of carbonyl (C=O) groups excluding carboxylic acids is 1. The zero-order valence-corrected chi connectivity index (χ0v) is 16.3. The zero-order valence-electron chi connectivity index (χ0n) is 16.3. The van der Waals surface area contributed by atoms with Gasteiger partial charge >= 0.3 is 0 Å². The molecule has 2 aromatic carbocycles. The summed E-state index contributed by atoms with van der Waals surface area (Å²) in [5.41, 5.74) is 3.48. The Kier molecular flexibility index (Phi) is 6.38. The topological polar surface area (TPSA) is 74.6 Å². The van der Waals surface area contributed by atoms with E-state index >= 15 is 0 Å². The van der Waals surface area contributed by atoms with Crippen LogP contribution in [0.5, 0.6) is 11.5 Å². The Hall–Kier alpha value is -3.20. The van der Waals surface area contributed by atoms with Crippen molar-refractivity contribution >= 4 is 17.3 Å². The molecule has 0 aliphatic carbocycles. The van der Waals surface area contributed by atoms with Gasteiger partial charge in [0.1, 0.15) is 0 Å². The SMILES string of the molecule is CCOc1cc(C#N)ccc1OCC(=O)Nc1ccc(N2CCCC2)cc1C. The fraction of sp³-hybridized carbons (Fsp3) is 0.364. The molecule has 6 nitrogen and oxygen atoms in total. The van der Waals surface area contributed by atoms with Crippen molar-refractivity contribution in [2.45, 2.75) is 26.7 Å². The van der Waals surface area contributed by atoms with Crippen LogP contribution >= 0.6 is 0 Å². The number of nitriles is 1. The summed E-state index contributed by atoms with van der Waals surface area (Å²) >= 11 is 0. The second kappa shape index (κ2) is 9.14. The van der Waals surface area contributed by atoms with Crippen LogP contribution in [-0.4, -0.2) is 32.2 Å². The Morgan fingerprint density at radius 1 is 1.14 bits per heavy atom. The molecule has 1 N–H and O–H groups in total. The summed E-state index contributed by atoms with van der Waals surface area (Å²) in [4.78, 5) is 14.7. The third-order valence-electron chi connectivity index (χ3n) is 4.69. The van der Waals surface area contributed by atoms with Crippen LogP contribution in [0.4, 0.5) is 11.4 Å². The standard InChI is InChI=1S/C22H25N3O3/c1-3-27-21-13-17(14-23)6-9-20(21)28-15-22(26)24-19-8-7-18(12-16(19)2)25-10-4-5-11-25/h6-9,12-13H,3-5,10-11,15H2,1-2H3,(H,24,26). The van der Waals surface area contributed by atoms with Crippen molar-refractivity contribution in [2.75, 3.05) is 36.5 Å². The number of hydrogen-bond acceptors (Lipinski definition) is 5. The summed E-state index contributed by atoms with van der Waals surface area (Å²) in [7, 11) is 0. The summed E-state index contributed by atoms with van der Waals surface area (Å²) in [6.45, 7) is 6.32. The minimum atomic E-state index is -0.246. The lowest BCUT2D eigenvalue weighted by Crippen LogP contribution is -2.21. The first-order valence-corrected chi connectivity index (χ1v) is 9.56. The van der Waals surface area contributed by atoms with E-state index in [0.29, 0.717) is 23.7 Å². The average Bonchev–Trinajstić information content (AvgIpc) is 3.23. The van der Waals surface area contributed by atoms with Crippen molar-refractivity contribution in [3.63, 3.8) is 0 Å². The number of nitrogens with one attached hydrogen (secondary N) is 1. The highest BCUT2D eigenvalue weighted by Crippen LogP contribution is 2.29. The molecule has 0 spiro atoms. The quantitative estimate of drug-likeness (QED) is 0.790. The molecule has 1 amide bonds. The largest absolute Gasteiger partial charge is 0.490 e. The lowest BCUT2D eigenvalue weighted by atomic mass is 10.1. The van der Waals surface area contributed by atoms with Crippen molar-refractivity contribution in [1.29, 1.82) is 5.26 Å². The van der Waals surface area contributed by atoms with E-state index in [1.54, 1.807) is 18.2 Å². The van der Waals surface area contributed by atoms with E-state index in [9.17, 15) is 4.79 Å². The number of hydrogen-bond donors (Lipinski definition) is 1. The van der Waals surface area contributed by atoms with Crippen LogP contribution in [0.25, 0.3) is 0 Å². The van der Waals surface area contributed by atoms with Gasteiger partial charge in [-0.3, -0.25) is 4.79 Å². The lowest BCUT2D eigenvalue weighted by Gasteiger charge is -2.19. The van der Waals surface area contributed by atoms with Crippen molar-refractivity contribution in [2.24, 2.45) is 0 Å². The average molecular weight is 379 g/mol. The van der Waals surface area contributed by atoms with Gasteiger partial charge in [0.15, 0.2) is 18.1 Å². The van der Waals surface area contributed by atoms with Gasteiger partial charge in [0, 0.05) is 30.5 Å². The van der Waals surface area contributed by atoms with Gasteiger partial charge in [-0.15, -0.1) is 0 Å². The summed E-state index contributed by atoms with van der Waals surface area (Å²) in [6, 6.07) is 13.0. The van der Waals surface area contributed by atoms with Crippen LogP contribution in [0.2, 0.25) is 0 Å². The highest BCUT2D eigenvalue weighted by molar-refractivity contribution is 5.93. The third kappa shape index (κ3) is 4.74. The van der Waals surface area contributed by atoms with Crippen LogP contribution in [0.1, 0.15) is 30.9 Å². The molecular formula is C22H25N3O3. The molecule has 1 saturated heterocycles. The van der Waals surface area contributed by atoms with Crippen LogP contribution in [-0.2, 0) is 4.79 Å². The van der Waals surface area contributed by atoms with Crippen LogP contribution in [0.3, 0.4) is 0 Å². The van der Waals surface area contributed by atoms with E-state index in [4.69, 9.17) is 14.7 Å². The monoisotopic (exact) mass is 379 g/mol. The summed E-state index contributed by atoms with van der Waals surface area (Å²) < 4.78 is 11.1. The Morgan fingerprint density at radius 3 is 2.61 bits per heavy atom. The maximum absolute atomic E-state index is 12.3. The van der Waals surface area contributed by atoms with Crippen LogP contribution in [0.15, 0.2) is 36.4 Å². The molecule has 0 radical (unpaired) electrons. The van der Waals surface area contributed by atoms with E-state index in [1.165, 1.54) is 18.5 Å². The highest BCUT2D eigenvalue weighted by atomic mass is 16.5. The van der Waals surface area contributed by atoms with E-state index in [1.807, 2.05) is 26.0 Å². The van der Waals surface area contributed by atoms with Gasteiger partial charge < -0.3 is 19.7 Å². The molecule has 0 atom stereocenters. The van der Waals surface area contributed by atoms with Gasteiger partial charge in [0.05, 0.1) is 18.2 Å². The van der Waals surface area contributed by atoms with Crippen molar-refractivity contribution < 1.29 is 14.3 Å². The predicted octanol–water partition coefficient (Wildman–Crippen LogP) is 3.88. The first-order valence-electron chi connectivity index (χ1n) is 9.56. The molecule has 1 heterocycles. The van der Waals surface area contributed by atoms with Gasteiger partial charge in [-0.1, -0.05) is 0 Å². The molecule has 1 fully saturated rings. The smallest absolute Gasteiger partial charge is 0.262 e. The molecule has 1 aliphatic heterocycles. The molecular weight excluding hydrogens is 354 g/mol. The fourth-order valence-electron chi connectivity index (χ4n) is 3.25. The molecule has 0 saturated carbocycles. The number of rotatable bonds is 7. The first kappa shape index (κ1) is 19.6. The Morgan fingerprint density at radius 2 is 1.93 bits per heavy atom. The highest BCUT2D eigenvalue weighted by Gasteiger charge is 2.14. The molecule has 0 unspecified atom stereocenters. The van der Waals surface area contributed by atoms with E-state index in [0.717, 1.165) is 24.3 Å². The Labute approximate surface area is 165 Å². The molecule has 0 bridgehead atoms. The second-order valence-electron chi connectivity index (χ2n) is 6.74. The summed E-state index contributed by atoms with van der Waals surface area (Å²) in [6.07, 6.45) is 2.46. The number of benzene rings is 2. The molecule has 146 valence electrons. The number of nitrogens with zero attached hydrogens (tertiary/aromatic N) is 2. The summed E-state index contributed by atoms with van der Waals surface area (Å²) in [5, 5.41) is 11.9. The second-order valence-corrected chi connectivity index (χ2v) is 6.74. The van der Waals surface area contributed by atoms with Crippen molar-refractivity contribution in [3.05, 3.63) is 47.5 Å². The number of amides is 1. The number of carbonyl (C=O) groups is 1. The van der Waals surface area contributed by atoms with Crippen LogP contribution in [0, 0.1) is 18.3 Å². The van der Waals surface area contributed by atoms with Crippen molar-refractivity contribution in [1.82, 2.24) is 0 Å². The minimum Gasteiger partial charge on any atom is -0.490 e. The number of aryl methyl sites for hydroxylation is 1. The maximum atomic E-state index is 12.3. The molecule has 3 rings (SSSR count). The minimum absolute atomic E-state index is 0.140. The molecule has 28 heavy (non-hydrogen) atoms. The Bertz CT molecular complexity index is 883. The molecule has 1 aliphatic rings. The van der Waals surface area contributed by atoms with Crippen LogP contribution < -0.4 is 19.7 Å². The molecule has 2 aromatic rings. The van der Waals surface area contributed by atoms with E-state index in [2.05, 4.69) is 22.4 Å². The lowest BCUT2D eigenvalue weighted by molar-refractivity contribution is -0.118. The van der Waals surface area contributed by atoms with E-state index in [-0.39, 0.29) is 12.5 Å². The maximum Gasteiger partial charge on any atom is 0.262 e. The van der Waals surface area contributed by atoms with Gasteiger partial charge in [0.25, 0.3) is 5.91 Å². The predicted molar refractivity (Wildman–Crippen MR) is 109 cm³/mol. The number of ether oxygens (including phenoxy) is 2. The fourth-order valence-corrected chi connectivity index (χ4v) is 3.25. The van der Waals surface area contributed by atoms with E-state index < -0.39 is 0 Å². The third-order valence-corrected chi connectivity index (χ3v) is 4.69. The van der Waals surface area contributed by atoms with Crippen molar-refractivity contribution in [3.8, 4) is 17.6 Å². The number of anilines is 2. The Balaban J connectivity index is 1.61. The first-order chi connectivity index (χ1) is 13.6. The normalized spacial score (nSPS) is 13.1.